The Morgan fingerprint density at radius 3 is 3.00 bits per heavy atom. The third-order valence-corrected chi connectivity index (χ3v) is 3.04. The van der Waals surface area contributed by atoms with E-state index in [1.54, 1.807) is 0 Å². The van der Waals surface area contributed by atoms with Crippen LogP contribution < -0.4 is 5.32 Å². The number of nitrogens with zero attached hydrogens (tertiary/aromatic N) is 4. The molecule has 2 aliphatic heterocycles. The molecule has 0 aromatic carbocycles. The van der Waals surface area contributed by atoms with Gasteiger partial charge in [-0.25, -0.2) is 4.39 Å². The summed E-state index contributed by atoms with van der Waals surface area (Å²) in [5.41, 5.74) is 6.33. The maximum atomic E-state index is 14.1. The van der Waals surface area contributed by atoms with E-state index in [-0.39, 0.29) is 5.82 Å². The standard InChI is InChI=1S/C10H12FN5O4/c1-5-13-6(18)2-3-16(5)9-7(11)8(19)10(4-17,20-9)14-15-12/h2-3,7-9,17,19H,1,4H2,(H,13,18). The van der Waals surface area contributed by atoms with Crippen molar-refractivity contribution in [2.24, 2.45) is 5.11 Å². The van der Waals surface area contributed by atoms with E-state index in [0.29, 0.717) is 0 Å². The molecule has 2 heterocycles. The zero-order valence-corrected chi connectivity index (χ0v) is 10.2. The number of hydrogen-bond donors (Lipinski definition) is 3. The Labute approximate surface area is 112 Å². The number of amides is 1. The van der Waals surface area contributed by atoms with Crippen molar-refractivity contribution in [3.8, 4) is 0 Å². The van der Waals surface area contributed by atoms with Crippen LogP contribution in [0.25, 0.3) is 10.4 Å². The number of halogens is 1. The maximum absolute atomic E-state index is 14.1. The number of azide groups is 1. The molecule has 0 aromatic rings. The zero-order valence-electron chi connectivity index (χ0n) is 10.2. The normalized spacial score (nSPS) is 36.8. The Balaban J connectivity index is 2.31. The lowest BCUT2D eigenvalue weighted by Gasteiger charge is -2.32. The predicted octanol–water partition coefficient (Wildman–Crippen LogP) is -0.543. The van der Waals surface area contributed by atoms with Gasteiger partial charge in [0.2, 0.25) is 5.72 Å². The van der Waals surface area contributed by atoms with Gasteiger partial charge in [0.15, 0.2) is 12.4 Å². The summed E-state index contributed by atoms with van der Waals surface area (Å²) in [5, 5.41) is 24.5. The smallest absolute Gasteiger partial charge is 0.250 e. The number of rotatable bonds is 3. The Morgan fingerprint density at radius 1 is 1.75 bits per heavy atom. The lowest BCUT2D eigenvalue weighted by atomic mass is 10.1. The monoisotopic (exact) mass is 285 g/mol. The lowest BCUT2D eigenvalue weighted by Crippen LogP contribution is -2.45. The minimum Gasteiger partial charge on any atom is -0.393 e. The van der Waals surface area contributed by atoms with Gasteiger partial charge in [-0.15, -0.1) is 0 Å². The van der Waals surface area contributed by atoms with E-state index < -0.39 is 36.7 Å². The molecule has 0 spiro atoms. The first kappa shape index (κ1) is 14.3. The van der Waals surface area contributed by atoms with Gasteiger partial charge in [-0.1, -0.05) is 11.7 Å². The molecule has 3 N–H and O–H groups in total. The fourth-order valence-corrected chi connectivity index (χ4v) is 2.00. The summed E-state index contributed by atoms with van der Waals surface area (Å²) in [5.74, 6) is -0.407. The largest absolute Gasteiger partial charge is 0.393 e. The highest BCUT2D eigenvalue weighted by Crippen LogP contribution is 2.37. The SMILES string of the molecule is C=C1NC(=O)C=CN1C1OC(CO)(N=[N+]=[N-])C(O)C1F. The van der Waals surface area contributed by atoms with Crippen LogP contribution >= 0.6 is 0 Å². The number of ether oxygens (including phenoxy) is 1. The van der Waals surface area contributed by atoms with Crippen LogP contribution in [0, 0.1) is 0 Å². The molecule has 1 fully saturated rings. The lowest BCUT2D eigenvalue weighted by molar-refractivity contribution is -0.133. The average Bonchev–Trinajstić information content (AvgIpc) is 2.65. The molecular weight excluding hydrogens is 273 g/mol. The Kier molecular flexibility index (Phi) is 3.64. The summed E-state index contributed by atoms with van der Waals surface area (Å²) in [6, 6.07) is 0. The molecule has 4 atom stereocenters. The average molecular weight is 285 g/mol. The molecule has 108 valence electrons. The molecule has 0 bridgehead atoms. The van der Waals surface area contributed by atoms with Crippen LogP contribution in [0.4, 0.5) is 4.39 Å². The number of aliphatic hydroxyl groups excluding tert-OH is 2. The number of hydrogen-bond acceptors (Lipinski definition) is 6. The third kappa shape index (κ3) is 2.10. The molecule has 20 heavy (non-hydrogen) atoms. The molecule has 1 saturated heterocycles. The Morgan fingerprint density at radius 2 is 2.45 bits per heavy atom. The summed E-state index contributed by atoms with van der Waals surface area (Å²) in [4.78, 5) is 14.7. The maximum Gasteiger partial charge on any atom is 0.250 e. The van der Waals surface area contributed by atoms with Crippen LogP contribution in [0.2, 0.25) is 0 Å². The van der Waals surface area contributed by atoms with E-state index in [1.165, 1.54) is 6.20 Å². The van der Waals surface area contributed by atoms with Crippen molar-refractivity contribution in [2.45, 2.75) is 24.2 Å². The van der Waals surface area contributed by atoms with Crippen LogP contribution in [0.1, 0.15) is 0 Å². The fourth-order valence-electron chi connectivity index (χ4n) is 2.00. The van der Waals surface area contributed by atoms with Crippen molar-refractivity contribution in [3.05, 3.63) is 35.1 Å². The van der Waals surface area contributed by atoms with E-state index in [4.69, 9.17) is 10.3 Å². The van der Waals surface area contributed by atoms with Crippen molar-refractivity contribution in [2.75, 3.05) is 6.61 Å². The second-order valence-corrected chi connectivity index (χ2v) is 4.25. The molecule has 2 rings (SSSR count). The minimum atomic E-state index is -2.12. The van der Waals surface area contributed by atoms with Crippen LogP contribution in [0.15, 0.2) is 29.8 Å². The predicted molar refractivity (Wildman–Crippen MR) is 63.0 cm³/mol. The van der Waals surface area contributed by atoms with E-state index >= 15 is 0 Å². The summed E-state index contributed by atoms with van der Waals surface area (Å²) in [6.07, 6.45) is -2.90. The highest BCUT2D eigenvalue weighted by molar-refractivity contribution is 5.89. The highest BCUT2D eigenvalue weighted by Gasteiger charge is 2.57. The highest BCUT2D eigenvalue weighted by atomic mass is 19.1. The number of alkyl halides is 1. The van der Waals surface area contributed by atoms with Crippen LogP contribution in [0.5, 0.6) is 0 Å². The van der Waals surface area contributed by atoms with Crippen molar-refractivity contribution in [1.82, 2.24) is 10.2 Å². The molecule has 0 aliphatic carbocycles. The second-order valence-electron chi connectivity index (χ2n) is 4.25. The molecule has 4 unspecified atom stereocenters. The van der Waals surface area contributed by atoms with Gasteiger partial charge < -0.3 is 25.2 Å². The van der Waals surface area contributed by atoms with Crippen molar-refractivity contribution < 1.29 is 24.1 Å². The Bertz CT molecular complexity index is 520. The molecule has 1 amide bonds. The van der Waals surface area contributed by atoms with Gasteiger partial charge in [-0.05, 0) is 5.53 Å². The van der Waals surface area contributed by atoms with Gasteiger partial charge in [0.25, 0.3) is 5.91 Å². The first-order valence-corrected chi connectivity index (χ1v) is 5.58. The first-order valence-electron chi connectivity index (χ1n) is 5.58. The summed E-state index contributed by atoms with van der Waals surface area (Å²) < 4.78 is 19.3. The number of nitrogens with one attached hydrogen (secondary N) is 1. The van der Waals surface area contributed by atoms with E-state index in [0.717, 1.165) is 11.0 Å². The van der Waals surface area contributed by atoms with E-state index in [9.17, 15) is 19.4 Å². The van der Waals surface area contributed by atoms with Crippen molar-refractivity contribution in [3.63, 3.8) is 0 Å². The van der Waals surface area contributed by atoms with Gasteiger partial charge in [-0.2, -0.15) is 0 Å². The van der Waals surface area contributed by atoms with Crippen molar-refractivity contribution >= 4 is 5.91 Å². The zero-order chi connectivity index (χ0) is 14.9. The molecular formula is C10H12FN5O4. The fraction of sp³-hybridized carbons (Fsp3) is 0.500. The van der Waals surface area contributed by atoms with Gasteiger partial charge in [-0.3, -0.25) is 4.79 Å². The van der Waals surface area contributed by atoms with Gasteiger partial charge >= 0.3 is 0 Å². The van der Waals surface area contributed by atoms with Gasteiger partial charge in [0, 0.05) is 17.2 Å². The first-order chi connectivity index (χ1) is 9.45. The molecule has 0 saturated carbocycles. The molecule has 10 heteroatoms. The number of carbonyl (C=O) groups excluding carboxylic acids is 1. The quantitative estimate of drug-likeness (QED) is 0.364. The molecule has 0 aromatic heterocycles. The van der Waals surface area contributed by atoms with Crippen LogP contribution in [-0.4, -0.2) is 51.9 Å². The van der Waals surface area contributed by atoms with E-state index in [2.05, 4.69) is 21.9 Å². The third-order valence-electron chi connectivity index (χ3n) is 3.04. The second kappa shape index (κ2) is 5.10. The number of carbonyl (C=O) groups is 1. The van der Waals surface area contributed by atoms with E-state index in [1.807, 2.05) is 0 Å². The summed E-state index contributed by atoms with van der Waals surface area (Å²) in [6.45, 7) is 2.62. The Hall–Kier alpha value is -2.13. The minimum absolute atomic E-state index is 0.0343. The molecule has 0 radical (unpaired) electrons. The van der Waals surface area contributed by atoms with Gasteiger partial charge in [0.1, 0.15) is 11.9 Å². The summed E-state index contributed by atoms with van der Waals surface area (Å²) >= 11 is 0. The summed E-state index contributed by atoms with van der Waals surface area (Å²) in [7, 11) is 0. The topological polar surface area (TPSA) is 131 Å². The van der Waals surface area contributed by atoms with Crippen molar-refractivity contribution in [1.29, 1.82) is 0 Å². The van der Waals surface area contributed by atoms with Gasteiger partial charge in [0.05, 0.1) is 6.61 Å². The van der Waals surface area contributed by atoms with Crippen LogP contribution in [-0.2, 0) is 9.53 Å². The van der Waals surface area contributed by atoms with Crippen LogP contribution in [0.3, 0.4) is 0 Å². The molecule has 2 aliphatic rings. The number of aliphatic hydroxyl groups is 2. The molecule has 9 nitrogen and oxygen atoms in total.